The molecule has 1 fully saturated rings. The van der Waals surface area contributed by atoms with Crippen LogP contribution < -0.4 is 5.32 Å². The van der Waals surface area contributed by atoms with Gasteiger partial charge in [0, 0.05) is 39.9 Å². The number of hydrogen-bond donors (Lipinski definition) is 1. The number of carbonyl (C=O) groups is 1. The van der Waals surface area contributed by atoms with Gasteiger partial charge in [0.15, 0.2) is 5.13 Å². The quantitative estimate of drug-likeness (QED) is 0.394. The Bertz CT molecular complexity index is 1270. The molecule has 1 saturated heterocycles. The number of benzene rings is 2. The highest BCUT2D eigenvalue weighted by Gasteiger charge is 2.33. The topological polar surface area (TPSA) is 79.4 Å². The zero-order valence-corrected chi connectivity index (χ0v) is 21.6. The van der Waals surface area contributed by atoms with Crippen molar-refractivity contribution < 1.29 is 13.2 Å². The Balaban J connectivity index is 1.39. The maximum absolute atomic E-state index is 13.1. The van der Waals surface area contributed by atoms with Crippen LogP contribution in [0.3, 0.4) is 0 Å². The van der Waals surface area contributed by atoms with E-state index in [9.17, 15) is 13.2 Å². The molecule has 4 rings (SSSR count). The van der Waals surface area contributed by atoms with Crippen LogP contribution in [0.4, 0.5) is 5.13 Å². The van der Waals surface area contributed by atoms with Crippen molar-refractivity contribution >= 4 is 67.4 Å². The van der Waals surface area contributed by atoms with Gasteiger partial charge in [-0.05, 0) is 49.4 Å². The molecular weight excluding hydrogens is 521 g/mol. The minimum Gasteiger partial charge on any atom is -0.302 e. The number of anilines is 1. The van der Waals surface area contributed by atoms with Crippen molar-refractivity contribution in [3.05, 3.63) is 57.9 Å². The van der Waals surface area contributed by atoms with Crippen molar-refractivity contribution in [2.24, 2.45) is 5.92 Å². The van der Waals surface area contributed by atoms with Crippen molar-refractivity contribution in [3.63, 3.8) is 0 Å². The molecule has 0 atom stereocenters. The lowest BCUT2D eigenvalue weighted by molar-refractivity contribution is -0.120. The number of rotatable bonds is 6. The number of piperidine rings is 1. The largest absolute Gasteiger partial charge is 0.302 e. The Morgan fingerprint density at radius 1 is 1.18 bits per heavy atom. The Morgan fingerprint density at radius 2 is 1.91 bits per heavy atom. The van der Waals surface area contributed by atoms with E-state index < -0.39 is 10.0 Å². The first-order chi connectivity index (χ1) is 15.8. The number of nitrogens with one attached hydrogen (secondary N) is 1. The minimum atomic E-state index is -3.60. The van der Waals surface area contributed by atoms with Crippen LogP contribution in [-0.4, -0.2) is 43.0 Å². The zero-order valence-electron chi connectivity index (χ0n) is 17.6. The third-order valence-electron chi connectivity index (χ3n) is 5.45. The summed E-state index contributed by atoms with van der Waals surface area (Å²) in [5.41, 5.74) is 1.40. The zero-order chi connectivity index (χ0) is 23.6. The molecule has 1 aromatic heterocycles. The van der Waals surface area contributed by atoms with Crippen LogP contribution in [0.15, 0.2) is 57.6 Å². The fourth-order valence-electron chi connectivity index (χ4n) is 3.69. The minimum absolute atomic E-state index is 0.153. The van der Waals surface area contributed by atoms with Gasteiger partial charge in [0.05, 0.1) is 15.6 Å². The molecule has 0 bridgehead atoms. The second-order valence-electron chi connectivity index (χ2n) is 7.48. The maximum atomic E-state index is 13.1. The summed E-state index contributed by atoms with van der Waals surface area (Å²) in [6, 6.07) is 12.2. The Hall–Kier alpha value is -1.62. The molecule has 2 heterocycles. The fourth-order valence-corrected chi connectivity index (χ4v) is 7.50. The lowest BCUT2D eigenvalue weighted by Gasteiger charge is -2.30. The van der Waals surface area contributed by atoms with Gasteiger partial charge < -0.3 is 5.32 Å². The summed E-state index contributed by atoms with van der Waals surface area (Å²) >= 11 is 14.9. The van der Waals surface area contributed by atoms with E-state index in [0.717, 1.165) is 10.5 Å². The normalized spacial score (nSPS) is 15.5. The van der Waals surface area contributed by atoms with Gasteiger partial charge in [-0.3, -0.25) is 4.79 Å². The summed E-state index contributed by atoms with van der Waals surface area (Å²) in [6.07, 6.45) is 2.76. The van der Waals surface area contributed by atoms with Crippen molar-refractivity contribution in [3.8, 4) is 11.3 Å². The molecule has 1 aliphatic rings. The first-order valence-corrected chi connectivity index (χ1v) is 14.4. The van der Waals surface area contributed by atoms with E-state index in [1.54, 1.807) is 36.4 Å². The van der Waals surface area contributed by atoms with E-state index in [1.165, 1.54) is 27.4 Å². The van der Waals surface area contributed by atoms with Gasteiger partial charge in [0.1, 0.15) is 0 Å². The van der Waals surface area contributed by atoms with Gasteiger partial charge in [-0.25, -0.2) is 13.4 Å². The molecule has 11 heteroatoms. The molecule has 0 unspecified atom stereocenters. The van der Waals surface area contributed by atoms with Crippen LogP contribution in [0.5, 0.6) is 0 Å². The Morgan fingerprint density at radius 3 is 2.61 bits per heavy atom. The second kappa shape index (κ2) is 10.3. The number of nitrogens with zero attached hydrogens (tertiary/aromatic N) is 2. The number of thioether (sulfide) groups is 1. The molecule has 33 heavy (non-hydrogen) atoms. The van der Waals surface area contributed by atoms with E-state index in [1.807, 2.05) is 17.7 Å². The molecule has 0 radical (unpaired) electrons. The highest BCUT2D eigenvalue weighted by molar-refractivity contribution is 7.99. The first-order valence-electron chi connectivity index (χ1n) is 10.1. The highest BCUT2D eigenvalue weighted by Crippen LogP contribution is 2.33. The van der Waals surface area contributed by atoms with Crippen molar-refractivity contribution in [2.45, 2.75) is 22.6 Å². The van der Waals surface area contributed by atoms with E-state index in [0.29, 0.717) is 51.7 Å². The molecule has 1 aliphatic heterocycles. The number of amides is 1. The van der Waals surface area contributed by atoms with Crippen LogP contribution in [0, 0.1) is 5.92 Å². The number of thiazole rings is 1. The van der Waals surface area contributed by atoms with Crippen LogP contribution >= 0.6 is 46.3 Å². The van der Waals surface area contributed by atoms with Gasteiger partial charge in [0.25, 0.3) is 0 Å². The van der Waals surface area contributed by atoms with Gasteiger partial charge in [-0.15, -0.1) is 23.1 Å². The lowest BCUT2D eigenvalue weighted by Crippen LogP contribution is -2.41. The molecule has 0 aliphatic carbocycles. The van der Waals surface area contributed by atoms with E-state index in [-0.39, 0.29) is 11.8 Å². The Kier molecular flexibility index (Phi) is 7.67. The summed E-state index contributed by atoms with van der Waals surface area (Å²) in [5, 5.41) is 6.19. The monoisotopic (exact) mass is 541 g/mol. The third-order valence-corrected chi connectivity index (χ3v) is 9.64. The third kappa shape index (κ3) is 5.39. The first kappa shape index (κ1) is 24.5. The summed E-state index contributed by atoms with van der Waals surface area (Å²) in [7, 11) is -3.60. The molecule has 2 aromatic carbocycles. The fraction of sp³-hybridized carbons (Fsp3) is 0.273. The van der Waals surface area contributed by atoms with Gasteiger partial charge >= 0.3 is 0 Å². The Labute approximate surface area is 211 Å². The number of sulfonamides is 1. The standard InChI is InChI=1S/C22H21Cl2N3O3S3/c1-31-19-4-2-3-5-20(19)33(29,30)27-10-8-14(9-11-27)21(28)26-22-25-18(13-32-22)16-7-6-15(23)12-17(16)24/h2-7,12-14H,8-11H2,1H3,(H,25,26,28). The molecular formula is C22H21Cl2N3O3S3. The predicted molar refractivity (Wildman–Crippen MR) is 136 cm³/mol. The lowest BCUT2D eigenvalue weighted by atomic mass is 9.97. The number of halogens is 2. The van der Waals surface area contributed by atoms with Gasteiger partial charge in [-0.1, -0.05) is 35.3 Å². The van der Waals surface area contributed by atoms with Crippen LogP contribution in [0.1, 0.15) is 12.8 Å². The molecule has 1 amide bonds. The van der Waals surface area contributed by atoms with Crippen LogP contribution in [-0.2, 0) is 14.8 Å². The van der Waals surface area contributed by atoms with Crippen molar-refractivity contribution in [2.75, 3.05) is 24.7 Å². The summed E-state index contributed by atoms with van der Waals surface area (Å²) in [4.78, 5) is 18.3. The molecule has 0 saturated carbocycles. The number of carbonyl (C=O) groups excluding carboxylic acids is 1. The average Bonchev–Trinajstić information content (AvgIpc) is 3.27. The highest BCUT2D eigenvalue weighted by atomic mass is 35.5. The predicted octanol–water partition coefficient (Wildman–Crippen LogP) is 5.88. The molecule has 0 spiro atoms. The van der Waals surface area contributed by atoms with Crippen LogP contribution in [0.2, 0.25) is 10.0 Å². The molecule has 174 valence electrons. The van der Waals surface area contributed by atoms with Crippen molar-refractivity contribution in [1.82, 2.24) is 9.29 Å². The average molecular weight is 543 g/mol. The summed E-state index contributed by atoms with van der Waals surface area (Å²) in [5.74, 6) is -0.432. The summed E-state index contributed by atoms with van der Waals surface area (Å²) in [6.45, 7) is 0.597. The number of aromatic nitrogens is 1. The van der Waals surface area contributed by atoms with Gasteiger partial charge in [0.2, 0.25) is 15.9 Å². The molecule has 1 N–H and O–H groups in total. The number of hydrogen-bond acceptors (Lipinski definition) is 6. The van der Waals surface area contributed by atoms with Crippen molar-refractivity contribution in [1.29, 1.82) is 0 Å². The van der Waals surface area contributed by atoms with E-state index in [2.05, 4.69) is 10.3 Å². The SMILES string of the molecule is CSc1ccccc1S(=O)(=O)N1CCC(C(=O)Nc2nc(-c3ccc(Cl)cc3Cl)cs2)CC1. The molecule has 6 nitrogen and oxygen atoms in total. The summed E-state index contributed by atoms with van der Waals surface area (Å²) < 4.78 is 27.7. The van der Waals surface area contributed by atoms with E-state index >= 15 is 0 Å². The van der Waals surface area contributed by atoms with Crippen LogP contribution in [0.25, 0.3) is 11.3 Å². The second-order valence-corrected chi connectivity index (χ2v) is 11.9. The molecule has 3 aromatic rings. The smallest absolute Gasteiger partial charge is 0.244 e. The van der Waals surface area contributed by atoms with Gasteiger partial charge in [-0.2, -0.15) is 4.31 Å². The van der Waals surface area contributed by atoms with E-state index in [4.69, 9.17) is 23.2 Å². The maximum Gasteiger partial charge on any atom is 0.244 e.